The van der Waals surface area contributed by atoms with Gasteiger partial charge >= 0.3 is 0 Å². The lowest BCUT2D eigenvalue weighted by Crippen LogP contribution is -2.34. The maximum absolute atomic E-state index is 12.5. The van der Waals surface area contributed by atoms with Gasteiger partial charge in [-0.25, -0.2) is 5.43 Å². The van der Waals surface area contributed by atoms with Crippen LogP contribution in [-0.4, -0.2) is 19.6 Å². The molecule has 1 aliphatic rings. The molecule has 1 amide bonds. The Balaban J connectivity index is 1.67. The van der Waals surface area contributed by atoms with Crippen LogP contribution in [0.5, 0.6) is 5.75 Å². The van der Waals surface area contributed by atoms with E-state index in [4.69, 9.17) is 4.74 Å². The Hall–Kier alpha value is -2.37. The van der Waals surface area contributed by atoms with Crippen molar-refractivity contribution in [2.45, 2.75) is 12.6 Å². The first-order valence-corrected chi connectivity index (χ1v) is 7.72. The average Bonchev–Trinajstić information content (AvgIpc) is 3.10. The molecule has 0 saturated carbocycles. The minimum atomic E-state index is -0.161. The van der Waals surface area contributed by atoms with Gasteiger partial charge in [0.25, 0.3) is 0 Å². The molecule has 2 aromatic carbocycles. The van der Waals surface area contributed by atoms with Crippen LogP contribution in [0.1, 0.15) is 17.2 Å². The molecule has 23 heavy (non-hydrogen) atoms. The minimum absolute atomic E-state index is 0.0409. The summed E-state index contributed by atoms with van der Waals surface area (Å²) < 4.78 is 5.27. The highest BCUT2D eigenvalue weighted by atomic mass is 16.5. The molecule has 2 aromatic rings. The van der Waals surface area contributed by atoms with Crippen LogP contribution in [0, 0.1) is 5.92 Å². The molecule has 1 aliphatic heterocycles. The summed E-state index contributed by atoms with van der Waals surface area (Å²) in [6.07, 6.45) is 0. The second kappa shape index (κ2) is 7.26. The molecule has 5 heteroatoms. The van der Waals surface area contributed by atoms with E-state index in [1.807, 2.05) is 54.6 Å². The van der Waals surface area contributed by atoms with Crippen LogP contribution in [0.2, 0.25) is 0 Å². The predicted molar refractivity (Wildman–Crippen MR) is 88.7 cm³/mol. The van der Waals surface area contributed by atoms with Crippen LogP contribution in [0.15, 0.2) is 54.6 Å². The highest BCUT2D eigenvalue weighted by Gasteiger charge is 2.33. The van der Waals surface area contributed by atoms with Crippen LogP contribution in [0.25, 0.3) is 0 Å². The van der Waals surface area contributed by atoms with Crippen molar-refractivity contribution >= 4 is 5.91 Å². The van der Waals surface area contributed by atoms with Crippen molar-refractivity contribution in [3.63, 3.8) is 0 Å². The first-order chi connectivity index (χ1) is 11.3. The van der Waals surface area contributed by atoms with Gasteiger partial charge in [-0.05, 0) is 23.3 Å². The van der Waals surface area contributed by atoms with Crippen molar-refractivity contribution < 1.29 is 9.53 Å². The maximum Gasteiger partial charge on any atom is 0.226 e. The molecule has 5 nitrogen and oxygen atoms in total. The highest BCUT2D eigenvalue weighted by Crippen LogP contribution is 2.27. The van der Waals surface area contributed by atoms with Gasteiger partial charge in [0.1, 0.15) is 5.75 Å². The summed E-state index contributed by atoms with van der Waals surface area (Å²) in [4.78, 5) is 12.5. The fourth-order valence-corrected chi connectivity index (χ4v) is 2.81. The number of rotatable bonds is 5. The number of carbonyl (C=O) groups excluding carboxylic acids is 1. The molecule has 1 saturated heterocycles. The number of ether oxygens (including phenoxy) is 1. The third kappa shape index (κ3) is 3.70. The zero-order valence-corrected chi connectivity index (χ0v) is 13.1. The molecule has 1 heterocycles. The van der Waals surface area contributed by atoms with Crippen molar-refractivity contribution in [1.82, 2.24) is 16.2 Å². The van der Waals surface area contributed by atoms with E-state index in [9.17, 15) is 4.79 Å². The summed E-state index contributed by atoms with van der Waals surface area (Å²) >= 11 is 0. The van der Waals surface area contributed by atoms with Crippen molar-refractivity contribution in [2.24, 2.45) is 5.92 Å². The number of carbonyl (C=O) groups is 1. The number of hydrazine groups is 1. The first kappa shape index (κ1) is 15.5. The zero-order valence-electron chi connectivity index (χ0n) is 13.1. The predicted octanol–water partition coefficient (Wildman–Crippen LogP) is 1.78. The smallest absolute Gasteiger partial charge is 0.226 e. The molecule has 2 unspecified atom stereocenters. The third-order valence-electron chi connectivity index (χ3n) is 4.08. The average molecular weight is 311 g/mol. The van der Waals surface area contributed by atoms with Gasteiger partial charge in [0, 0.05) is 13.1 Å². The molecule has 0 bridgehead atoms. The molecule has 0 radical (unpaired) electrons. The molecule has 0 aliphatic carbocycles. The van der Waals surface area contributed by atoms with E-state index < -0.39 is 0 Å². The summed E-state index contributed by atoms with van der Waals surface area (Å²) in [6.45, 7) is 1.14. The summed E-state index contributed by atoms with van der Waals surface area (Å²) in [5, 5.41) is 3.02. The quantitative estimate of drug-likeness (QED) is 0.788. The summed E-state index contributed by atoms with van der Waals surface area (Å²) in [5.41, 5.74) is 8.40. The van der Waals surface area contributed by atoms with Gasteiger partial charge in [0.2, 0.25) is 5.91 Å². The van der Waals surface area contributed by atoms with Gasteiger partial charge in [-0.2, -0.15) is 0 Å². The van der Waals surface area contributed by atoms with E-state index in [0.717, 1.165) is 16.9 Å². The Morgan fingerprint density at radius 1 is 1.22 bits per heavy atom. The number of methoxy groups -OCH3 is 1. The van der Waals surface area contributed by atoms with Crippen LogP contribution >= 0.6 is 0 Å². The van der Waals surface area contributed by atoms with Crippen molar-refractivity contribution in [1.29, 1.82) is 0 Å². The summed E-state index contributed by atoms with van der Waals surface area (Å²) in [7, 11) is 1.64. The van der Waals surface area contributed by atoms with Gasteiger partial charge in [-0.15, -0.1) is 0 Å². The maximum atomic E-state index is 12.5. The molecule has 3 rings (SSSR count). The Morgan fingerprint density at radius 3 is 2.83 bits per heavy atom. The van der Waals surface area contributed by atoms with Gasteiger partial charge < -0.3 is 10.1 Å². The largest absolute Gasteiger partial charge is 0.497 e. The molecule has 0 spiro atoms. The van der Waals surface area contributed by atoms with Crippen LogP contribution in [0.4, 0.5) is 0 Å². The van der Waals surface area contributed by atoms with Crippen molar-refractivity contribution in [3.8, 4) is 5.75 Å². The number of hydrogen-bond donors (Lipinski definition) is 3. The standard InChI is InChI=1S/C18H21N3O2/c1-23-15-9-5-8-14(10-15)17-16(12-20-21-17)18(22)19-11-13-6-3-2-4-7-13/h2-10,16-17,20-21H,11-12H2,1H3,(H,19,22). The van der Waals surface area contributed by atoms with Crippen LogP contribution in [-0.2, 0) is 11.3 Å². The molecule has 1 fully saturated rings. The van der Waals surface area contributed by atoms with Crippen molar-refractivity contribution in [3.05, 3.63) is 65.7 Å². The summed E-state index contributed by atoms with van der Waals surface area (Å²) in [6, 6.07) is 17.7. The summed E-state index contributed by atoms with van der Waals surface area (Å²) in [5.74, 6) is 0.671. The Labute approximate surface area is 136 Å². The number of benzene rings is 2. The SMILES string of the molecule is COc1cccc(C2NNCC2C(=O)NCc2ccccc2)c1. The van der Waals surface area contributed by atoms with E-state index in [1.54, 1.807) is 7.11 Å². The van der Waals surface area contributed by atoms with Gasteiger partial charge in [0.15, 0.2) is 0 Å². The number of hydrogen-bond acceptors (Lipinski definition) is 4. The van der Waals surface area contributed by atoms with Crippen LogP contribution < -0.4 is 20.9 Å². The zero-order chi connectivity index (χ0) is 16.1. The van der Waals surface area contributed by atoms with E-state index in [-0.39, 0.29) is 17.9 Å². The van der Waals surface area contributed by atoms with E-state index in [2.05, 4.69) is 16.2 Å². The second-order valence-electron chi connectivity index (χ2n) is 5.59. The monoisotopic (exact) mass is 311 g/mol. The fourth-order valence-electron chi connectivity index (χ4n) is 2.81. The van der Waals surface area contributed by atoms with E-state index >= 15 is 0 Å². The molecule has 120 valence electrons. The normalized spacial score (nSPS) is 20.2. The molecular formula is C18H21N3O2. The molecule has 2 atom stereocenters. The Kier molecular flexibility index (Phi) is 4.90. The van der Waals surface area contributed by atoms with E-state index in [0.29, 0.717) is 13.1 Å². The fraction of sp³-hybridized carbons (Fsp3) is 0.278. The van der Waals surface area contributed by atoms with Crippen LogP contribution in [0.3, 0.4) is 0 Å². The first-order valence-electron chi connectivity index (χ1n) is 7.72. The lowest BCUT2D eigenvalue weighted by Gasteiger charge is -2.19. The topological polar surface area (TPSA) is 62.4 Å². The lowest BCUT2D eigenvalue weighted by molar-refractivity contribution is -0.125. The lowest BCUT2D eigenvalue weighted by atomic mass is 9.94. The molecule has 0 aromatic heterocycles. The number of amides is 1. The third-order valence-corrected chi connectivity index (χ3v) is 4.08. The second-order valence-corrected chi connectivity index (χ2v) is 5.59. The highest BCUT2D eigenvalue weighted by molar-refractivity contribution is 5.80. The molecular weight excluding hydrogens is 290 g/mol. The Morgan fingerprint density at radius 2 is 2.04 bits per heavy atom. The Bertz CT molecular complexity index is 660. The van der Waals surface area contributed by atoms with Gasteiger partial charge in [-0.1, -0.05) is 42.5 Å². The van der Waals surface area contributed by atoms with Gasteiger partial charge in [-0.3, -0.25) is 10.2 Å². The van der Waals surface area contributed by atoms with E-state index in [1.165, 1.54) is 0 Å². The van der Waals surface area contributed by atoms with Crippen molar-refractivity contribution in [2.75, 3.05) is 13.7 Å². The minimum Gasteiger partial charge on any atom is -0.497 e. The molecule has 3 N–H and O–H groups in total. The number of nitrogens with one attached hydrogen (secondary N) is 3. The van der Waals surface area contributed by atoms with Gasteiger partial charge in [0.05, 0.1) is 19.1 Å².